The highest BCUT2D eigenvalue weighted by Crippen LogP contribution is 2.09. The minimum atomic E-state index is -0.969. The Morgan fingerprint density at radius 3 is 2.57 bits per heavy atom. The minimum absolute atomic E-state index is 0.554. The largest absolute Gasteiger partial charge is 0.302 e. The molecule has 0 N–H and O–H groups in total. The van der Waals surface area contributed by atoms with Crippen LogP contribution < -0.4 is 0 Å². The smallest absolute Gasteiger partial charge is 0.278 e. The molecule has 0 fully saturated rings. The van der Waals surface area contributed by atoms with E-state index >= 15 is 0 Å². The number of hydrogen-bond donors (Lipinski definition) is 0. The zero-order valence-corrected chi connectivity index (χ0v) is 7.64. The van der Waals surface area contributed by atoms with Crippen molar-refractivity contribution in [3.8, 4) is 0 Å². The van der Waals surface area contributed by atoms with Crippen molar-refractivity contribution in [2.45, 2.75) is 6.92 Å². The summed E-state index contributed by atoms with van der Waals surface area (Å²) in [6.45, 7) is 4.38. The Morgan fingerprint density at radius 1 is 1.64 bits per heavy atom. The highest BCUT2D eigenvalue weighted by atomic mass is 19.1. The molecule has 4 nitrogen and oxygen atoms in total. The minimum Gasteiger partial charge on any atom is -0.302 e. The molecule has 5 heteroatoms. The van der Waals surface area contributed by atoms with Crippen LogP contribution in [0.5, 0.6) is 0 Å². The number of nitrogens with zero attached hydrogens (tertiary/aromatic N) is 1. The van der Waals surface area contributed by atoms with Crippen LogP contribution in [0.1, 0.15) is 6.92 Å². The van der Waals surface area contributed by atoms with Crippen LogP contribution in [0.25, 0.3) is 0 Å². The van der Waals surface area contributed by atoms with E-state index in [0.717, 1.165) is 13.0 Å². The molecule has 0 aromatic carbocycles. The Labute approximate surface area is 80.6 Å². The average molecular weight is 199 g/mol. The van der Waals surface area contributed by atoms with E-state index in [1.165, 1.54) is 12.2 Å². The molecule has 0 aromatic heterocycles. The molecule has 1 atom stereocenters. The quantitative estimate of drug-likeness (QED) is 0.224. The average Bonchev–Trinajstić information content (AvgIpc) is 2.17. The maximum Gasteiger partial charge on any atom is 0.278 e. The van der Waals surface area contributed by atoms with E-state index < -0.39 is 22.4 Å². The lowest BCUT2D eigenvalue weighted by Gasteiger charge is -1.93. The fraction of sp³-hybridized carbons (Fsp3) is 0.222. The van der Waals surface area contributed by atoms with Crippen molar-refractivity contribution in [3.63, 3.8) is 0 Å². The fourth-order valence-electron chi connectivity index (χ4n) is 0.583. The van der Waals surface area contributed by atoms with Crippen LogP contribution in [0.2, 0.25) is 0 Å². The molecule has 0 aliphatic heterocycles. The third-order valence-electron chi connectivity index (χ3n) is 1.51. The predicted molar refractivity (Wildman–Crippen MR) is 49.7 cm³/mol. The maximum atomic E-state index is 12.9. The summed E-state index contributed by atoms with van der Waals surface area (Å²) >= 11 is 0. The SMILES string of the molecule is C=CC(C=O)/C=C\C(F)=C(/C)[N+](=O)[O-]. The van der Waals surface area contributed by atoms with E-state index in [1.807, 2.05) is 0 Å². The van der Waals surface area contributed by atoms with E-state index in [9.17, 15) is 19.3 Å². The standard InChI is InChI=1S/C9H10FNO3/c1-3-8(6-12)4-5-9(10)7(2)11(13)14/h3-6,8H,1H2,2H3/b5-4-,9-7-. The molecular formula is C9H10FNO3. The van der Waals surface area contributed by atoms with E-state index in [2.05, 4.69) is 6.58 Å². The van der Waals surface area contributed by atoms with Gasteiger partial charge in [-0.25, -0.2) is 0 Å². The normalized spacial score (nSPS) is 14.7. The molecule has 0 saturated heterocycles. The number of rotatable bonds is 5. The van der Waals surface area contributed by atoms with Gasteiger partial charge >= 0.3 is 0 Å². The van der Waals surface area contributed by atoms with Crippen LogP contribution in [-0.4, -0.2) is 11.2 Å². The summed E-state index contributed by atoms with van der Waals surface area (Å²) in [5, 5.41) is 10.1. The van der Waals surface area contributed by atoms with Gasteiger partial charge in [-0.3, -0.25) is 10.1 Å². The first-order valence-corrected chi connectivity index (χ1v) is 3.79. The summed E-state index contributed by atoms with van der Waals surface area (Å²) in [5.74, 6) is -1.59. The number of carbonyl (C=O) groups excluding carboxylic acids is 1. The van der Waals surface area contributed by atoms with Gasteiger partial charge < -0.3 is 4.79 Å². The molecule has 0 amide bonds. The van der Waals surface area contributed by atoms with Crippen LogP contribution >= 0.6 is 0 Å². The molecule has 0 radical (unpaired) electrons. The van der Waals surface area contributed by atoms with Gasteiger partial charge in [0.2, 0.25) is 0 Å². The molecule has 14 heavy (non-hydrogen) atoms. The second-order valence-electron chi connectivity index (χ2n) is 2.50. The topological polar surface area (TPSA) is 60.2 Å². The molecule has 0 rings (SSSR count). The molecule has 0 aromatic rings. The van der Waals surface area contributed by atoms with E-state index in [-0.39, 0.29) is 0 Å². The van der Waals surface area contributed by atoms with Gasteiger partial charge in [-0.1, -0.05) is 12.2 Å². The summed E-state index contributed by atoms with van der Waals surface area (Å²) in [4.78, 5) is 19.5. The van der Waals surface area contributed by atoms with E-state index in [4.69, 9.17) is 0 Å². The lowest BCUT2D eigenvalue weighted by molar-refractivity contribution is -0.426. The Morgan fingerprint density at radius 2 is 2.21 bits per heavy atom. The van der Waals surface area contributed by atoms with E-state index in [1.54, 1.807) is 0 Å². The molecule has 0 saturated carbocycles. The molecule has 0 aliphatic rings. The molecule has 0 spiro atoms. The van der Waals surface area contributed by atoms with Crippen molar-refractivity contribution in [3.05, 3.63) is 46.4 Å². The molecule has 0 bridgehead atoms. The highest BCUT2D eigenvalue weighted by molar-refractivity contribution is 5.59. The van der Waals surface area contributed by atoms with Crippen molar-refractivity contribution in [2.75, 3.05) is 0 Å². The zero-order valence-electron chi connectivity index (χ0n) is 7.64. The predicted octanol–water partition coefficient (Wildman–Crippen LogP) is 2.02. The van der Waals surface area contributed by atoms with Crippen LogP contribution in [0.3, 0.4) is 0 Å². The number of nitro groups is 1. The maximum absolute atomic E-state index is 12.9. The van der Waals surface area contributed by atoms with Crippen molar-refractivity contribution in [1.29, 1.82) is 0 Å². The number of aldehydes is 1. The third kappa shape index (κ3) is 3.75. The third-order valence-corrected chi connectivity index (χ3v) is 1.51. The molecule has 0 heterocycles. The molecule has 0 aliphatic carbocycles. The highest BCUT2D eigenvalue weighted by Gasteiger charge is 2.09. The second-order valence-corrected chi connectivity index (χ2v) is 2.50. The Balaban J connectivity index is 4.66. The van der Waals surface area contributed by atoms with Gasteiger partial charge in [0.1, 0.15) is 6.29 Å². The summed E-state index contributed by atoms with van der Waals surface area (Å²) in [6, 6.07) is 0. The second kappa shape index (κ2) is 5.80. The molecule has 76 valence electrons. The van der Waals surface area contributed by atoms with Gasteiger partial charge in [-0.05, 0) is 6.08 Å². The summed E-state index contributed by atoms with van der Waals surface area (Å²) < 4.78 is 12.9. The van der Waals surface area contributed by atoms with Crippen molar-refractivity contribution in [2.24, 2.45) is 5.92 Å². The first-order chi connectivity index (χ1) is 6.52. The van der Waals surface area contributed by atoms with Gasteiger partial charge in [0.15, 0.2) is 5.83 Å². The number of hydrogen-bond acceptors (Lipinski definition) is 3. The first kappa shape index (κ1) is 12.2. The zero-order chi connectivity index (χ0) is 11.1. The number of halogens is 1. The molecular weight excluding hydrogens is 189 g/mol. The van der Waals surface area contributed by atoms with Gasteiger partial charge in [0.25, 0.3) is 5.70 Å². The number of allylic oxidation sites excluding steroid dienone is 5. The van der Waals surface area contributed by atoms with Crippen LogP contribution in [0, 0.1) is 16.0 Å². The van der Waals surface area contributed by atoms with Gasteiger partial charge in [-0.2, -0.15) is 4.39 Å². The lowest BCUT2D eigenvalue weighted by atomic mass is 10.1. The Hall–Kier alpha value is -1.78. The van der Waals surface area contributed by atoms with Gasteiger partial charge in [0, 0.05) is 6.92 Å². The van der Waals surface area contributed by atoms with Gasteiger partial charge in [-0.15, -0.1) is 6.58 Å². The molecule has 1 unspecified atom stereocenters. The number of carbonyl (C=O) groups is 1. The summed E-state index contributed by atoms with van der Waals surface area (Å²) in [5.41, 5.74) is -0.588. The van der Waals surface area contributed by atoms with Crippen LogP contribution in [0.4, 0.5) is 4.39 Å². The Bertz CT molecular complexity index is 299. The van der Waals surface area contributed by atoms with Crippen LogP contribution in [-0.2, 0) is 4.79 Å². The summed E-state index contributed by atoms with van der Waals surface area (Å²) in [7, 11) is 0. The van der Waals surface area contributed by atoms with Crippen molar-refractivity contribution >= 4 is 6.29 Å². The first-order valence-electron chi connectivity index (χ1n) is 3.79. The van der Waals surface area contributed by atoms with Gasteiger partial charge in [0.05, 0.1) is 10.8 Å². The van der Waals surface area contributed by atoms with Crippen LogP contribution in [0.15, 0.2) is 36.3 Å². The monoisotopic (exact) mass is 199 g/mol. The Kier molecular flexibility index (Phi) is 5.06. The van der Waals surface area contributed by atoms with Crippen molar-refractivity contribution < 1.29 is 14.1 Å². The van der Waals surface area contributed by atoms with E-state index in [0.29, 0.717) is 6.29 Å². The fourth-order valence-corrected chi connectivity index (χ4v) is 0.583. The van der Waals surface area contributed by atoms with Crippen molar-refractivity contribution in [1.82, 2.24) is 0 Å². The summed E-state index contributed by atoms with van der Waals surface area (Å²) in [6.07, 6.45) is 3.94. The lowest BCUT2D eigenvalue weighted by Crippen LogP contribution is -1.96.